The zero-order chi connectivity index (χ0) is 16.6. The van der Waals surface area contributed by atoms with Gasteiger partial charge < -0.3 is 5.11 Å². The van der Waals surface area contributed by atoms with Crippen LogP contribution in [0.1, 0.15) is 28.1 Å². The molecule has 1 aliphatic rings. The first-order valence-corrected chi connectivity index (χ1v) is 7.97. The van der Waals surface area contributed by atoms with Crippen LogP contribution in [-0.2, 0) is 17.9 Å². The third-order valence-electron chi connectivity index (χ3n) is 4.67. The smallest absolute Gasteiger partial charge is 0.309 e. The molecule has 2 heterocycles. The zero-order valence-corrected chi connectivity index (χ0v) is 13.9. The monoisotopic (exact) mass is 313 g/mol. The quantitative estimate of drug-likeness (QED) is 0.921. The summed E-state index contributed by atoms with van der Waals surface area (Å²) in [6, 6.07) is 8.51. The maximum absolute atomic E-state index is 10.9. The summed E-state index contributed by atoms with van der Waals surface area (Å²) in [4.78, 5) is 13.1. The molecule has 0 atom stereocenters. The second-order valence-electron chi connectivity index (χ2n) is 6.52. The predicted octanol–water partition coefficient (Wildman–Crippen LogP) is 2.37. The molecule has 5 heteroatoms. The molecule has 0 radical (unpaired) electrons. The van der Waals surface area contributed by atoms with Crippen LogP contribution < -0.4 is 0 Å². The molecule has 23 heavy (non-hydrogen) atoms. The Kier molecular flexibility index (Phi) is 4.22. The molecule has 0 unspecified atom stereocenters. The highest BCUT2D eigenvalue weighted by Gasteiger charge is 2.33. The first kappa shape index (κ1) is 15.7. The van der Waals surface area contributed by atoms with Crippen molar-refractivity contribution in [2.75, 3.05) is 13.1 Å². The highest BCUT2D eigenvalue weighted by Crippen LogP contribution is 2.23. The fourth-order valence-corrected chi connectivity index (χ4v) is 3.06. The third-order valence-corrected chi connectivity index (χ3v) is 4.67. The summed E-state index contributed by atoms with van der Waals surface area (Å²) in [6.07, 6.45) is 0. The number of carbonyl (C=O) groups is 1. The normalized spacial score (nSPS) is 15.6. The largest absolute Gasteiger partial charge is 0.481 e. The second kappa shape index (κ2) is 6.16. The molecule has 1 aliphatic heterocycles. The van der Waals surface area contributed by atoms with Crippen molar-refractivity contribution >= 4 is 5.97 Å². The van der Waals surface area contributed by atoms with Crippen LogP contribution in [0.3, 0.4) is 0 Å². The molecule has 1 aromatic heterocycles. The summed E-state index contributed by atoms with van der Waals surface area (Å²) in [5, 5.41) is 13.6. The minimum absolute atomic E-state index is 0.210. The molecule has 1 fully saturated rings. The van der Waals surface area contributed by atoms with Gasteiger partial charge in [0.05, 0.1) is 18.2 Å². The molecular weight excluding hydrogens is 290 g/mol. The average molecular weight is 313 g/mol. The van der Waals surface area contributed by atoms with Crippen molar-refractivity contribution < 1.29 is 9.90 Å². The van der Waals surface area contributed by atoms with Gasteiger partial charge in [0.15, 0.2) is 0 Å². The minimum atomic E-state index is -0.690. The van der Waals surface area contributed by atoms with E-state index in [1.54, 1.807) is 0 Å². The lowest BCUT2D eigenvalue weighted by molar-refractivity contribution is -0.147. The lowest BCUT2D eigenvalue weighted by Crippen LogP contribution is -2.49. The molecule has 0 spiro atoms. The number of benzene rings is 1. The van der Waals surface area contributed by atoms with Gasteiger partial charge in [-0.25, -0.2) is 0 Å². The van der Waals surface area contributed by atoms with E-state index in [1.807, 2.05) is 11.6 Å². The van der Waals surface area contributed by atoms with Crippen molar-refractivity contribution in [3.05, 3.63) is 52.3 Å². The van der Waals surface area contributed by atoms with E-state index in [4.69, 9.17) is 5.11 Å². The standard InChI is InChI=1S/C18H23N3O2/c1-12-4-6-15(7-5-12)8-21-14(3)17(13(2)19-21)11-20-9-16(10-20)18(22)23/h4-7,16H,8-11H2,1-3H3,(H,22,23). The first-order valence-electron chi connectivity index (χ1n) is 7.97. The number of aryl methyl sites for hydroxylation is 2. The molecule has 2 aromatic rings. The van der Waals surface area contributed by atoms with Gasteiger partial charge in [0, 0.05) is 30.9 Å². The van der Waals surface area contributed by atoms with Gasteiger partial charge in [-0.05, 0) is 26.3 Å². The highest BCUT2D eigenvalue weighted by atomic mass is 16.4. The molecular formula is C18H23N3O2. The van der Waals surface area contributed by atoms with E-state index in [0.717, 1.165) is 18.8 Å². The number of carboxylic acids is 1. The summed E-state index contributed by atoms with van der Waals surface area (Å²) < 4.78 is 2.05. The third kappa shape index (κ3) is 3.29. The molecule has 0 aliphatic carbocycles. The van der Waals surface area contributed by atoms with Gasteiger partial charge in [0.25, 0.3) is 0 Å². The fraction of sp³-hybridized carbons (Fsp3) is 0.444. The number of nitrogens with zero attached hydrogens (tertiary/aromatic N) is 3. The second-order valence-corrected chi connectivity index (χ2v) is 6.52. The summed E-state index contributed by atoms with van der Waals surface area (Å²) in [7, 11) is 0. The molecule has 122 valence electrons. The van der Waals surface area contributed by atoms with Crippen molar-refractivity contribution in [1.82, 2.24) is 14.7 Å². The number of carboxylic acid groups (broad SMARTS) is 1. The Morgan fingerprint density at radius 2 is 1.83 bits per heavy atom. The Morgan fingerprint density at radius 3 is 2.43 bits per heavy atom. The molecule has 0 amide bonds. The van der Waals surface area contributed by atoms with Crippen molar-refractivity contribution in [1.29, 1.82) is 0 Å². The summed E-state index contributed by atoms with van der Waals surface area (Å²) in [5.41, 5.74) is 5.92. The Balaban J connectivity index is 1.70. The van der Waals surface area contributed by atoms with Crippen LogP contribution in [0.15, 0.2) is 24.3 Å². The number of rotatable bonds is 5. The van der Waals surface area contributed by atoms with Gasteiger partial charge in [-0.15, -0.1) is 0 Å². The summed E-state index contributed by atoms with van der Waals surface area (Å²) in [5.74, 6) is -0.900. The molecule has 0 bridgehead atoms. The molecule has 3 rings (SSSR count). The van der Waals surface area contributed by atoms with Gasteiger partial charge in [-0.1, -0.05) is 29.8 Å². The van der Waals surface area contributed by atoms with Crippen LogP contribution in [0.4, 0.5) is 0 Å². The molecule has 0 saturated carbocycles. The van der Waals surface area contributed by atoms with Crippen molar-refractivity contribution in [2.45, 2.75) is 33.9 Å². The summed E-state index contributed by atoms with van der Waals surface area (Å²) in [6.45, 7) is 9.04. The fourth-order valence-electron chi connectivity index (χ4n) is 3.06. The van der Waals surface area contributed by atoms with Gasteiger partial charge in [0.1, 0.15) is 0 Å². The van der Waals surface area contributed by atoms with E-state index in [2.05, 4.69) is 48.1 Å². The van der Waals surface area contributed by atoms with E-state index < -0.39 is 5.97 Å². The number of hydrogen-bond donors (Lipinski definition) is 1. The first-order chi connectivity index (χ1) is 10.9. The van der Waals surface area contributed by atoms with E-state index in [0.29, 0.717) is 13.1 Å². The Labute approximate surface area is 136 Å². The Hall–Kier alpha value is -2.14. The van der Waals surface area contributed by atoms with Crippen LogP contribution in [-0.4, -0.2) is 38.8 Å². The Morgan fingerprint density at radius 1 is 1.17 bits per heavy atom. The van der Waals surface area contributed by atoms with Crippen LogP contribution in [0.5, 0.6) is 0 Å². The lowest BCUT2D eigenvalue weighted by atomic mass is 9.99. The predicted molar refractivity (Wildman–Crippen MR) is 88.4 cm³/mol. The number of likely N-dealkylation sites (tertiary alicyclic amines) is 1. The average Bonchev–Trinajstić information content (AvgIpc) is 2.71. The van der Waals surface area contributed by atoms with Crippen molar-refractivity contribution in [3.8, 4) is 0 Å². The molecule has 1 saturated heterocycles. The Bertz CT molecular complexity index is 713. The number of aromatic nitrogens is 2. The molecule has 1 N–H and O–H groups in total. The van der Waals surface area contributed by atoms with Crippen LogP contribution in [0, 0.1) is 26.7 Å². The SMILES string of the molecule is Cc1ccc(Cn2nc(C)c(CN3CC(C(=O)O)C3)c2C)cc1. The molecule has 5 nitrogen and oxygen atoms in total. The number of aliphatic carboxylic acids is 1. The van der Waals surface area contributed by atoms with Crippen LogP contribution in [0.25, 0.3) is 0 Å². The van der Waals surface area contributed by atoms with E-state index >= 15 is 0 Å². The zero-order valence-electron chi connectivity index (χ0n) is 13.9. The van der Waals surface area contributed by atoms with Gasteiger partial charge in [-0.2, -0.15) is 5.10 Å². The van der Waals surface area contributed by atoms with E-state index in [9.17, 15) is 4.79 Å². The topological polar surface area (TPSA) is 58.4 Å². The highest BCUT2D eigenvalue weighted by molar-refractivity contribution is 5.71. The van der Waals surface area contributed by atoms with E-state index in [-0.39, 0.29) is 5.92 Å². The maximum atomic E-state index is 10.9. The lowest BCUT2D eigenvalue weighted by Gasteiger charge is -2.36. The van der Waals surface area contributed by atoms with Gasteiger partial charge >= 0.3 is 5.97 Å². The number of hydrogen-bond acceptors (Lipinski definition) is 3. The molecule has 1 aromatic carbocycles. The van der Waals surface area contributed by atoms with E-state index in [1.165, 1.54) is 22.4 Å². The van der Waals surface area contributed by atoms with Crippen molar-refractivity contribution in [3.63, 3.8) is 0 Å². The van der Waals surface area contributed by atoms with Gasteiger partial charge in [0.2, 0.25) is 0 Å². The van der Waals surface area contributed by atoms with Crippen LogP contribution >= 0.6 is 0 Å². The minimum Gasteiger partial charge on any atom is -0.481 e. The van der Waals surface area contributed by atoms with Crippen molar-refractivity contribution in [2.24, 2.45) is 5.92 Å². The maximum Gasteiger partial charge on any atom is 0.309 e. The van der Waals surface area contributed by atoms with Gasteiger partial charge in [-0.3, -0.25) is 14.4 Å². The van der Waals surface area contributed by atoms with Crippen LogP contribution in [0.2, 0.25) is 0 Å². The summed E-state index contributed by atoms with van der Waals surface area (Å²) >= 11 is 0.